The molecule has 9 nitrogen and oxygen atoms in total. The van der Waals surface area contributed by atoms with E-state index in [0.29, 0.717) is 43.1 Å². The Balaban J connectivity index is 1.40. The lowest BCUT2D eigenvalue weighted by Crippen LogP contribution is -2.58. The van der Waals surface area contributed by atoms with Gasteiger partial charge in [0.15, 0.2) is 6.61 Å². The zero-order valence-corrected chi connectivity index (χ0v) is 22.2. The molecule has 1 saturated heterocycles. The Kier molecular flexibility index (Phi) is 7.59. The highest BCUT2D eigenvalue weighted by Gasteiger charge is 2.34. The van der Waals surface area contributed by atoms with Crippen molar-refractivity contribution in [2.45, 2.75) is 45.4 Å². The molecule has 4 bridgehead atoms. The molecule has 3 aliphatic rings. The van der Waals surface area contributed by atoms with Gasteiger partial charge in [-0.25, -0.2) is 4.98 Å². The van der Waals surface area contributed by atoms with Crippen LogP contribution in [0.25, 0.3) is 0 Å². The Bertz CT molecular complexity index is 1340. The minimum absolute atomic E-state index is 0.0288. The van der Waals surface area contributed by atoms with Crippen LogP contribution in [0.1, 0.15) is 38.6 Å². The summed E-state index contributed by atoms with van der Waals surface area (Å²) in [6.45, 7) is 4.82. The lowest BCUT2D eigenvalue weighted by molar-refractivity contribution is -0.133. The van der Waals surface area contributed by atoms with Gasteiger partial charge in [0, 0.05) is 37.0 Å². The number of aryl methyl sites for hydroxylation is 2. The summed E-state index contributed by atoms with van der Waals surface area (Å²) in [5.41, 5.74) is 2.90. The zero-order chi connectivity index (χ0) is 26.6. The number of hydrogen-bond donors (Lipinski definition) is 2. The molecule has 198 valence electrons. The van der Waals surface area contributed by atoms with Crippen LogP contribution in [0.2, 0.25) is 0 Å². The van der Waals surface area contributed by atoms with E-state index in [4.69, 9.17) is 9.47 Å². The Morgan fingerprint density at radius 3 is 2.74 bits per heavy atom. The van der Waals surface area contributed by atoms with Gasteiger partial charge in [0.2, 0.25) is 5.91 Å². The van der Waals surface area contributed by atoms with E-state index in [-0.39, 0.29) is 36.9 Å². The maximum Gasteiger partial charge on any atom is 0.258 e. The monoisotopic (exact) mass is 534 g/mol. The van der Waals surface area contributed by atoms with E-state index < -0.39 is 6.04 Å². The number of piperidine rings is 1. The summed E-state index contributed by atoms with van der Waals surface area (Å²) in [6, 6.07) is 12.2. The first-order chi connectivity index (χ1) is 18.3. The molecule has 2 atom stereocenters. The summed E-state index contributed by atoms with van der Waals surface area (Å²) < 4.78 is 12.0. The minimum Gasteiger partial charge on any atom is -0.488 e. The quantitative estimate of drug-likeness (QED) is 0.523. The molecule has 0 unspecified atom stereocenters. The van der Waals surface area contributed by atoms with E-state index in [1.807, 2.05) is 43.5 Å². The number of rotatable bonds is 2. The van der Waals surface area contributed by atoms with Crippen LogP contribution in [-0.4, -0.2) is 59.4 Å². The highest BCUT2D eigenvalue weighted by atomic mass is 32.1. The molecule has 3 aliphatic heterocycles. The molecule has 1 fully saturated rings. The summed E-state index contributed by atoms with van der Waals surface area (Å²) in [5.74, 6) is 0.536. The summed E-state index contributed by atoms with van der Waals surface area (Å²) in [4.78, 5) is 44.9. The molecule has 1 aromatic heterocycles. The number of aromatic nitrogens is 1. The van der Waals surface area contributed by atoms with Gasteiger partial charge in [0.25, 0.3) is 11.8 Å². The first-order valence-corrected chi connectivity index (χ1v) is 13.5. The van der Waals surface area contributed by atoms with Crippen LogP contribution < -0.4 is 20.1 Å². The number of benzene rings is 2. The van der Waals surface area contributed by atoms with Gasteiger partial charge in [-0.3, -0.25) is 14.4 Å². The fourth-order valence-electron chi connectivity index (χ4n) is 4.60. The number of nitrogens with one attached hydrogen (secondary N) is 2. The van der Waals surface area contributed by atoms with Gasteiger partial charge in [-0.05, 0) is 49.2 Å². The smallest absolute Gasteiger partial charge is 0.258 e. The van der Waals surface area contributed by atoms with Crippen molar-refractivity contribution in [1.82, 2.24) is 20.5 Å². The number of carbonyl (C=O) groups is 3. The van der Waals surface area contributed by atoms with Crippen LogP contribution in [0.3, 0.4) is 0 Å². The highest BCUT2D eigenvalue weighted by Crippen LogP contribution is 2.23. The van der Waals surface area contributed by atoms with Crippen LogP contribution in [0.15, 0.2) is 47.8 Å². The van der Waals surface area contributed by atoms with Gasteiger partial charge in [-0.2, -0.15) is 0 Å². The minimum atomic E-state index is -0.429. The second-order valence-electron chi connectivity index (χ2n) is 9.59. The van der Waals surface area contributed by atoms with E-state index >= 15 is 0 Å². The Morgan fingerprint density at radius 1 is 1.16 bits per heavy atom. The van der Waals surface area contributed by atoms with E-state index in [2.05, 4.69) is 15.6 Å². The Labute approximate surface area is 225 Å². The van der Waals surface area contributed by atoms with Gasteiger partial charge in [0.1, 0.15) is 17.6 Å². The standard InChI is InChI=1S/C28H30N4O5S/c1-17-3-6-20-11-25(17)36-15-26(33)29-13-19-4-7-22(8-5-19)37-24-9-10-32(14-23(24)31-28(20)35)27(34)12-21-16-38-18(2)30-21/h3-8,11,16,23-24H,9-10,12-15H2,1-2H3,(H,29,33)(H,31,35)/t23-,24-/m0/s1. The van der Waals surface area contributed by atoms with Crippen molar-refractivity contribution >= 4 is 29.1 Å². The summed E-state index contributed by atoms with van der Waals surface area (Å²) >= 11 is 1.52. The number of carbonyl (C=O) groups excluding carboxylic acids is 3. The Morgan fingerprint density at radius 2 is 1.97 bits per heavy atom. The number of hydrogen-bond acceptors (Lipinski definition) is 7. The topological polar surface area (TPSA) is 110 Å². The summed E-state index contributed by atoms with van der Waals surface area (Å²) in [6.07, 6.45) is 0.461. The van der Waals surface area contributed by atoms with Crippen LogP contribution >= 0.6 is 11.3 Å². The van der Waals surface area contributed by atoms with Crippen LogP contribution in [0, 0.1) is 13.8 Å². The number of fused-ring (bicyclic) bond motifs is 7. The first-order valence-electron chi connectivity index (χ1n) is 12.6. The number of likely N-dealkylation sites (tertiary alicyclic amines) is 1. The lowest BCUT2D eigenvalue weighted by Gasteiger charge is -2.39. The maximum atomic E-state index is 13.3. The summed E-state index contributed by atoms with van der Waals surface area (Å²) in [7, 11) is 0. The molecule has 0 radical (unpaired) electrons. The molecule has 38 heavy (non-hydrogen) atoms. The molecule has 6 rings (SSSR count). The van der Waals surface area contributed by atoms with Crippen LogP contribution in [0.5, 0.6) is 11.5 Å². The second-order valence-corrected chi connectivity index (χ2v) is 10.7. The fraction of sp³-hybridized carbons (Fsp3) is 0.357. The molecule has 0 aliphatic carbocycles. The van der Waals surface area contributed by atoms with E-state index in [0.717, 1.165) is 21.8 Å². The van der Waals surface area contributed by atoms with Crippen LogP contribution in [0.4, 0.5) is 0 Å². The molecular weight excluding hydrogens is 504 g/mol. The van der Waals surface area contributed by atoms with Crippen molar-refractivity contribution < 1.29 is 23.9 Å². The molecule has 10 heteroatoms. The SMILES string of the molecule is Cc1nc(CC(=O)N2CC[C@@H]3Oc4ccc(cc4)CNC(=O)COc4cc(ccc4C)C(=O)N[C@H]3C2)cs1. The average molecular weight is 535 g/mol. The van der Waals surface area contributed by atoms with E-state index in [1.165, 1.54) is 11.3 Å². The molecule has 0 spiro atoms. The number of nitrogens with zero attached hydrogens (tertiary/aromatic N) is 2. The molecule has 3 amide bonds. The third-order valence-electron chi connectivity index (χ3n) is 6.73. The lowest BCUT2D eigenvalue weighted by atomic mass is 10.00. The molecule has 2 aromatic carbocycles. The van der Waals surface area contributed by atoms with Gasteiger partial charge < -0.3 is 25.0 Å². The van der Waals surface area contributed by atoms with Gasteiger partial charge in [0.05, 0.1) is 23.2 Å². The predicted octanol–water partition coefficient (Wildman–Crippen LogP) is 2.79. The second kappa shape index (κ2) is 11.2. The van der Waals surface area contributed by atoms with Crippen molar-refractivity contribution in [3.05, 3.63) is 75.2 Å². The zero-order valence-electron chi connectivity index (χ0n) is 21.4. The fourth-order valence-corrected chi connectivity index (χ4v) is 5.21. The van der Waals surface area contributed by atoms with Crippen molar-refractivity contribution in [3.8, 4) is 11.5 Å². The van der Waals surface area contributed by atoms with Gasteiger partial charge >= 0.3 is 0 Å². The molecule has 4 heterocycles. The molecule has 0 saturated carbocycles. The largest absolute Gasteiger partial charge is 0.488 e. The average Bonchev–Trinajstić information content (AvgIpc) is 3.32. The Hall–Kier alpha value is -3.92. The van der Waals surface area contributed by atoms with Crippen molar-refractivity contribution in [2.75, 3.05) is 19.7 Å². The summed E-state index contributed by atoms with van der Waals surface area (Å²) in [5, 5.41) is 8.76. The number of thiazole rings is 1. The van der Waals surface area contributed by atoms with Gasteiger partial charge in [-0.1, -0.05) is 18.2 Å². The first kappa shape index (κ1) is 25.7. The van der Waals surface area contributed by atoms with Crippen molar-refractivity contribution in [2.24, 2.45) is 0 Å². The maximum absolute atomic E-state index is 13.3. The van der Waals surface area contributed by atoms with Gasteiger partial charge in [-0.15, -0.1) is 11.3 Å². The molecule has 2 N–H and O–H groups in total. The van der Waals surface area contributed by atoms with Crippen LogP contribution in [-0.2, 0) is 22.6 Å². The van der Waals surface area contributed by atoms with Crippen molar-refractivity contribution in [3.63, 3.8) is 0 Å². The third-order valence-corrected chi connectivity index (χ3v) is 7.55. The van der Waals surface area contributed by atoms with Crippen molar-refractivity contribution in [1.29, 1.82) is 0 Å². The normalized spacial score (nSPS) is 19.9. The number of ether oxygens (including phenoxy) is 2. The highest BCUT2D eigenvalue weighted by molar-refractivity contribution is 7.09. The van der Waals surface area contributed by atoms with E-state index in [1.54, 1.807) is 23.1 Å². The predicted molar refractivity (Wildman–Crippen MR) is 142 cm³/mol. The van der Waals surface area contributed by atoms with E-state index in [9.17, 15) is 14.4 Å². The molecule has 3 aromatic rings. The number of amides is 3. The third kappa shape index (κ3) is 6.13. The molecular formula is C28H30N4O5S.